The smallest absolute Gasteiger partial charge is 0.322 e. The molecule has 0 aromatic heterocycles. The van der Waals surface area contributed by atoms with Crippen molar-refractivity contribution in [3.05, 3.63) is 0 Å². The standard InChI is InChI=1S/C11H19N3O2/c1-9(2)5-11(6-10(3,4)14-9)7(15)12-8(16)13-11/h14H,5-6H2,1-4H3,(H2,12,13,15,16). The van der Waals surface area contributed by atoms with Crippen LogP contribution in [0.4, 0.5) is 4.79 Å². The van der Waals surface area contributed by atoms with Gasteiger partial charge in [0, 0.05) is 11.1 Å². The van der Waals surface area contributed by atoms with Crippen molar-refractivity contribution in [2.75, 3.05) is 0 Å². The van der Waals surface area contributed by atoms with Gasteiger partial charge in [0.15, 0.2) is 0 Å². The van der Waals surface area contributed by atoms with Crippen LogP contribution < -0.4 is 16.0 Å². The van der Waals surface area contributed by atoms with Gasteiger partial charge in [0.1, 0.15) is 5.54 Å². The maximum atomic E-state index is 11.9. The highest BCUT2D eigenvalue weighted by molar-refractivity contribution is 6.07. The van der Waals surface area contributed by atoms with Crippen molar-refractivity contribution < 1.29 is 9.59 Å². The van der Waals surface area contributed by atoms with E-state index in [0.29, 0.717) is 12.8 Å². The molecular weight excluding hydrogens is 206 g/mol. The normalized spacial score (nSPS) is 30.0. The number of urea groups is 1. The van der Waals surface area contributed by atoms with Crippen LogP contribution >= 0.6 is 0 Å². The van der Waals surface area contributed by atoms with E-state index in [-0.39, 0.29) is 23.0 Å². The lowest BCUT2D eigenvalue weighted by Gasteiger charge is -2.50. The fourth-order valence-corrected chi connectivity index (χ4v) is 3.35. The summed E-state index contributed by atoms with van der Waals surface area (Å²) in [5.74, 6) is -0.194. The Kier molecular flexibility index (Phi) is 2.11. The maximum Gasteiger partial charge on any atom is 0.322 e. The first kappa shape index (κ1) is 11.4. The predicted octanol–water partition coefficient (Wildman–Crippen LogP) is 0.505. The molecule has 5 nitrogen and oxygen atoms in total. The van der Waals surface area contributed by atoms with E-state index in [2.05, 4.69) is 16.0 Å². The first-order valence-corrected chi connectivity index (χ1v) is 5.57. The van der Waals surface area contributed by atoms with Crippen LogP contribution in [0.1, 0.15) is 40.5 Å². The first-order valence-electron chi connectivity index (χ1n) is 5.57. The Morgan fingerprint density at radius 3 is 1.88 bits per heavy atom. The average molecular weight is 225 g/mol. The fraction of sp³-hybridized carbons (Fsp3) is 0.818. The molecule has 0 unspecified atom stereocenters. The molecule has 3 amide bonds. The van der Waals surface area contributed by atoms with Crippen molar-refractivity contribution in [3.63, 3.8) is 0 Å². The number of piperidine rings is 1. The van der Waals surface area contributed by atoms with E-state index in [1.54, 1.807) is 0 Å². The molecule has 2 aliphatic rings. The molecular formula is C11H19N3O2. The van der Waals surface area contributed by atoms with Gasteiger partial charge in [-0.1, -0.05) is 0 Å². The third-order valence-electron chi connectivity index (χ3n) is 3.18. The molecule has 5 heteroatoms. The van der Waals surface area contributed by atoms with E-state index >= 15 is 0 Å². The molecule has 0 aliphatic carbocycles. The topological polar surface area (TPSA) is 70.2 Å². The van der Waals surface area contributed by atoms with Crippen LogP contribution in [0, 0.1) is 0 Å². The molecule has 0 atom stereocenters. The number of imide groups is 1. The van der Waals surface area contributed by atoms with Crippen LogP contribution in [0.2, 0.25) is 0 Å². The number of rotatable bonds is 0. The first-order chi connectivity index (χ1) is 7.14. The third-order valence-corrected chi connectivity index (χ3v) is 3.18. The van der Waals surface area contributed by atoms with Gasteiger partial charge in [-0.2, -0.15) is 0 Å². The van der Waals surface area contributed by atoms with Crippen LogP contribution in [-0.4, -0.2) is 28.6 Å². The van der Waals surface area contributed by atoms with Crippen molar-refractivity contribution in [1.82, 2.24) is 16.0 Å². The predicted molar refractivity (Wildman–Crippen MR) is 59.9 cm³/mol. The number of hydrogen-bond acceptors (Lipinski definition) is 3. The van der Waals surface area contributed by atoms with Crippen molar-refractivity contribution >= 4 is 11.9 Å². The van der Waals surface area contributed by atoms with Crippen LogP contribution in [0.3, 0.4) is 0 Å². The van der Waals surface area contributed by atoms with Crippen molar-refractivity contribution in [3.8, 4) is 0 Å². The molecule has 1 spiro atoms. The summed E-state index contributed by atoms with van der Waals surface area (Å²) in [6.45, 7) is 8.20. The molecule has 0 aromatic carbocycles. The summed E-state index contributed by atoms with van der Waals surface area (Å²) < 4.78 is 0. The van der Waals surface area contributed by atoms with Gasteiger partial charge in [-0.3, -0.25) is 10.1 Å². The molecule has 0 radical (unpaired) electrons. The minimum Gasteiger partial charge on any atom is -0.323 e. The third kappa shape index (κ3) is 1.80. The second-order valence-corrected chi connectivity index (χ2v) is 6.24. The van der Waals surface area contributed by atoms with Gasteiger partial charge in [0.25, 0.3) is 5.91 Å². The van der Waals surface area contributed by atoms with Gasteiger partial charge in [0.2, 0.25) is 0 Å². The van der Waals surface area contributed by atoms with Crippen LogP contribution in [-0.2, 0) is 4.79 Å². The summed E-state index contributed by atoms with van der Waals surface area (Å²) in [7, 11) is 0. The lowest BCUT2D eigenvalue weighted by Crippen LogP contribution is -2.68. The molecule has 3 N–H and O–H groups in total. The Labute approximate surface area is 95.3 Å². The Morgan fingerprint density at radius 2 is 1.50 bits per heavy atom. The summed E-state index contributed by atoms with van der Waals surface area (Å²) in [5, 5.41) is 8.61. The van der Waals surface area contributed by atoms with Crippen LogP contribution in [0.25, 0.3) is 0 Å². The van der Waals surface area contributed by atoms with Gasteiger partial charge in [-0.15, -0.1) is 0 Å². The van der Waals surface area contributed by atoms with Crippen LogP contribution in [0.15, 0.2) is 0 Å². The minimum atomic E-state index is -0.741. The van der Waals surface area contributed by atoms with Crippen molar-refractivity contribution in [2.24, 2.45) is 0 Å². The van der Waals surface area contributed by atoms with E-state index in [9.17, 15) is 9.59 Å². The van der Waals surface area contributed by atoms with E-state index in [4.69, 9.17) is 0 Å². The number of carbonyl (C=O) groups is 2. The quantitative estimate of drug-likeness (QED) is 0.526. The summed E-state index contributed by atoms with van der Waals surface area (Å²) in [6.07, 6.45) is 1.22. The molecule has 16 heavy (non-hydrogen) atoms. The molecule has 2 fully saturated rings. The number of amides is 3. The second kappa shape index (κ2) is 2.97. The van der Waals surface area contributed by atoms with Gasteiger partial charge < -0.3 is 10.6 Å². The highest BCUT2D eigenvalue weighted by Gasteiger charge is 2.55. The van der Waals surface area contributed by atoms with Crippen molar-refractivity contribution in [2.45, 2.75) is 57.2 Å². The monoisotopic (exact) mass is 225 g/mol. The van der Waals surface area contributed by atoms with Crippen LogP contribution in [0.5, 0.6) is 0 Å². The molecule has 2 rings (SSSR count). The van der Waals surface area contributed by atoms with E-state index < -0.39 is 5.54 Å². The summed E-state index contributed by atoms with van der Waals surface area (Å²) in [4.78, 5) is 23.2. The molecule has 0 aromatic rings. The summed E-state index contributed by atoms with van der Waals surface area (Å²) in [5.41, 5.74) is -1.08. The zero-order valence-corrected chi connectivity index (χ0v) is 10.2. The Bertz CT molecular complexity index is 344. The number of nitrogens with one attached hydrogen (secondary N) is 3. The minimum absolute atomic E-state index is 0.170. The lowest BCUT2D eigenvalue weighted by molar-refractivity contribution is -0.127. The fourth-order valence-electron chi connectivity index (χ4n) is 3.35. The van der Waals surface area contributed by atoms with Crippen molar-refractivity contribution in [1.29, 1.82) is 0 Å². The highest BCUT2D eigenvalue weighted by Crippen LogP contribution is 2.37. The number of carbonyl (C=O) groups excluding carboxylic acids is 2. The van der Waals surface area contributed by atoms with Gasteiger partial charge in [-0.05, 0) is 40.5 Å². The maximum absolute atomic E-state index is 11.9. The molecule has 2 heterocycles. The molecule has 0 bridgehead atoms. The van der Waals surface area contributed by atoms with E-state index in [0.717, 1.165) is 0 Å². The van der Waals surface area contributed by atoms with Gasteiger partial charge in [-0.25, -0.2) is 4.79 Å². The van der Waals surface area contributed by atoms with Gasteiger partial charge in [0.05, 0.1) is 0 Å². The van der Waals surface area contributed by atoms with E-state index in [1.807, 2.05) is 27.7 Å². The summed E-state index contributed by atoms with van der Waals surface area (Å²) >= 11 is 0. The van der Waals surface area contributed by atoms with Gasteiger partial charge >= 0.3 is 6.03 Å². The Balaban J connectivity index is 2.35. The largest absolute Gasteiger partial charge is 0.323 e. The average Bonchev–Trinajstić information content (AvgIpc) is 2.17. The molecule has 0 saturated carbocycles. The zero-order chi connectivity index (χ0) is 12.2. The Hall–Kier alpha value is -1.10. The SMILES string of the molecule is CC1(C)CC2(CC(C)(C)N1)NC(=O)NC2=O. The number of hydrogen-bond donors (Lipinski definition) is 3. The molecule has 90 valence electrons. The zero-order valence-electron chi connectivity index (χ0n) is 10.2. The highest BCUT2D eigenvalue weighted by atomic mass is 16.2. The lowest BCUT2D eigenvalue weighted by atomic mass is 9.71. The molecule has 2 saturated heterocycles. The Morgan fingerprint density at radius 1 is 1.00 bits per heavy atom. The van der Waals surface area contributed by atoms with E-state index in [1.165, 1.54) is 0 Å². The second-order valence-electron chi connectivity index (χ2n) is 6.24. The summed E-state index contributed by atoms with van der Waals surface area (Å²) in [6, 6.07) is -0.376. The molecule has 2 aliphatic heterocycles.